The first-order valence-corrected chi connectivity index (χ1v) is 10.1. The molecule has 0 saturated heterocycles. The van der Waals surface area contributed by atoms with Crippen molar-refractivity contribution in [3.8, 4) is 5.75 Å². The molecule has 0 radical (unpaired) electrons. The van der Waals surface area contributed by atoms with Gasteiger partial charge in [-0.05, 0) is 53.4 Å². The Balaban J connectivity index is 1.27. The summed E-state index contributed by atoms with van der Waals surface area (Å²) < 4.78 is 5.34. The first-order chi connectivity index (χ1) is 15.7. The van der Waals surface area contributed by atoms with Crippen LogP contribution in [0.5, 0.6) is 5.75 Å². The number of rotatable bonds is 7. The lowest BCUT2D eigenvalue weighted by Crippen LogP contribution is -2.25. The van der Waals surface area contributed by atoms with Gasteiger partial charge in [0.2, 0.25) is 0 Å². The average Bonchev–Trinajstić information content (AvgIpc) is 2.84. The molecule has 0 heterocycles. The lowest BCUT2D eigenvalue weighted by atomic mass is 10.1. The first kappa shape index (κ1) is 20.8. The van der Waals surface area contributed by atoms with E-state index in [1.807, 2.05) is 48.5 Å². The molecule has 32 heavy (non-hydrogen) atoms. The van der Waals surface area contributed by atoms with Crippen LogP contribution in [0.2, 0.25) is 0 Å². The Hall–Kier alpha value is -4.45. The van der Waals surface area contributed by atoms with Gasteiger partial charge in [-0.1, -0.05) is 54.6 Å². The fourth-order valence-corrected chi connectivity index (χ4v) is 3.14. The predicted molar refractivity (Wildman–Crippen MR) is 126 cm³/mol. The summed E-state index contributed by atoms with van der Waals surface area (Å²) in [7, 11) is 0. The Morgan fingerprint density at radius 1 is 0.812 bits per heavy atom. The van der Waals surface area contributed by atoms with Gasteiger partial charge >= 0.3 is 5.97 Å². The van der Waals surface area contributed by atoms with E-state index in [9.17, 15) is 9.59 Å². The summed E-state index contributed by atoms with van der Waals surface area (Å²) in [5.74, 6) is -0.250. The van der Waals surface area contributed by atoms with E-state index in [2.05, 4.69) is 15.8 Å². The zero-order valence-electron chi connectivity index (χ0n) is 17.2. The Labute approximate surface area is 185 Å². The molecular formula is C26H21N3O3. The number of nitrogens with one attached hydrogen (secondary N) is 2. The molecular weight excluding hydrogens is 402 g/mol. The largest absolute Gasteiger partial charge is 0.423 e. The first-order valence-electron chi connectivity index (χ1n) is 10.1. The molecule has 4 aromatic rings. The number of hydrogen-bond donors (Lipinski definition) is 2. The summed E-state index contributed by atoms with van der Waals surface area (Å²) in [6, 6.07) is 29.5. The van der Waals surface area contributed by atoms with Crippen LogP contribution in [0.3, 0.4) is 0 Å². The summed E-state index contributed by atoms with van der Waals surface area (Å²) in [5, 5.41) is 9.28. The van der Waals surface area contributed by atoms with Crippen molar-refractivity contribution in [1.29, 1.82) is 0 Å². The molecule has 1 amide bonds. The van der Waals surface area contributed by atoms with Gasteiger partial charge in [-0.25, -0.2) is 10.2 Å². The van der Waals surface area contributed by atoms with E-state index in [-0.39, 0.29) is 12.5 Å². The normalized spacial score (nSPS) is 10.8. The lowest BCUT2D eigenvalue weighted by molar-refractivity contribution is -0.119. The molecule has 0 aliphatic rings. The Bertz CT molecular complexity index is 1250. The number of amides is 1. The highest BCUT2D eigenvalue weighted by atomic mass is 16.5. The molecule has 4 rings (SSSR count). The minimum atomic E-state index is -0.419. The van der Waals surface area contributed by atoms with Crippen molar-refractivity contribution in [3.05, 3.63) is 108 Å². The Kier molecular flexibility index (Phi) is 6.53. The van der Waals surface area contributed by atoms with Crippen LogP contribution in [0.25, 0.3) is 10.8 Å². The molecule has 0 atom stereocenters. The maximum Gasteiger partial charge on any atom is 0.343 e. The van der Waals surface area contributed by atoms with Crippen molar-refractivity contribution in [2.75, 3.05) is 11.9 Å². The molecule has 2 N–H and O–H groups in total. The topological polar surface area (TPSA) is 79.8 Å². The standard InChI is InChI=1S/C26H21N3O3/c30-25(18-27-24-12-6-10-20-7-4-5-11-23(20)24)29-28-17-19-13-15-22(16-14-19)32-26(31)21-8-2-1-3-9-21/h1-17,27H,18H2,(H,29,30). The zero-order valence-corrected chi connectivity index (χ0v) is 17.2. The second-order valence-electron chi connectivity index (χ2n) is 7.00. The third-order valence-electron chi connectivity index (χ3n) is 4.73. The van der Waals surface area contributed by atoms with E-state index >= 15 is 0 Å². The zero-order chi connectivity index (χ0) is 22.2. The van der Waals surface area contributed by atoms with Crippen LogP contribution in [0.1, 0.15) is 15.9 Å². The number of ether oxygens (including phenoxy) is 1. The third-order valence-corrected chi connectivity index (χ3v) is 4.73. The number of fused-ring (bicyclic) bond motifs is 1. The van der Waals surface area contributed by atoms with Crippen molar-refractivity contribution in [2.24, 2.45) is 5.10 Å². The van der Waals surface area contributed by atoms with Gasteiger partial charge in [0.1, 0.15) is 5.75 Å². The molecule has 0 bridgehead atoms. The van der Waals surface area contributed by atoms with Crippen molar-refractivity contribution >= 4 is 34.6 Å². The summed E-state index contributed by atoms with van der Waals surface area (Å²) in [4.78, 5) is 24.2. The van der Waals surface area contributed by atoms with Gasteiger partial charge in [0, 0.05) is 11.1 Å². The van der Waals surface area contributed by atoms with E-state index in [1.165, 1.54) is 6.21 Å². The molecule has 0 aliphatic heterocycles. The molecule has 4 aromatic carbocycles. The van der Waals surface area contributed by atoms with Gasteiger partial charge in [-0.2, -0.15) is 5.10 Å². The van der Waals surface area contributed by atoms with Crippen LogP contribution < -0.4 is 15.5 Å². The van der Waals surface area contributed by atoms with Crippen molar-refractivity contribution in [2.45, 2.75) is 0 Å². The maximum atomic E-state index is 12.1. The van der Waals surface area contributed by atoms with Gasteiger partial charge in [-0.15, -0.1) is 0 Å². The lowest BCUT2D eigenvalue weighted by Gasteiger charge is -2.08. The van der Waals surface area contributed by atoms with Crippen LogP contribution in [-0.4, -0.2) is 24.6 Å². The van der Waals surface area contributed by atoms with E-state index in [4.69, 9.17) is 4.74 Å². The monoisotopic (exact) mass is 423 g/mol. The fourth-order valence-electron chi connectivity index (χ4n) is 3.14. The molecule has 0 unspecified atom stereocenters. The van der Waals surface area contributed by atoms with E-state index in [1.54, 1.807) is 48.5 Å². The van der Waals surface area contributed by atoms with E-state index in [0.717, 1.165) is 22.0 Å². The second kappa shape index (κ2) is 10.0. The fraction of sp³-hybridized carbons (Fsp3) is 0.0385. The van der Waals surface area contributed by atoms with Crippen LogP contribution >= 0.6 is 0 Å². The highest BCUT2D eigenvalue weighted by Gasteiger charge is 2.07. The number of esters is 1. The molecule has 0 spiro atoms. The number of hydrazone groups is 1. The highest BCUT2D eigenvalue weighted by Crippen LogP contribution is 2.22. The summed E-state index contributed by atoms with van der Waals surface area (Å²) >= 11 is 0. The van der Waals surface area contributed by atoms with Gasteiger partial charge < -0.3 is 10.1 Å². The SMILES string of the molecule is O=C(CNc1cccc2ccccc12)NN=Cc1ccc(OC(=O)c2ccccc2)cc1. The third kappa shape index (κ3) is 5.37. The molecule has 6 heteroatoms. The van der Waals surface area contributed by atoms with Crippen LogP contribution in [0, 0.1) is 0 Å². The van der Waals surface area contributed by atoms with Gasteiger partial charge in [0.05, 0.1) is 18.3 Å². The van der Waals surface area contributed by atoms with Gasteiger partial charge in [-0.3, -0.25) is 4.79 Å². The molecule has 0 fully saturated rings. The predicted octanol–water partition coefficient (Wildman–Crippen LogP) is 4.62. The minimum absolute atomic E-state index is 0.0969. The Morgan fingerprint density at radius 3 is 2.34 bits per heavy atom. The molecule has 158 valence electrons. The van der Waals surface area contributed by atoms with E-state index < -0.39 is 5.97 Å². The average molecular weight is 423 g/mol. The quantitative estimate of drug-likeness (QED) is 0.197. The van der Waals surface area contributed by atoms with Crippen molar-refractivity contribution in [1.82, 2.24) is 5.43 Å². The van der Waals surface area contributed by atoms with Crippen molar-refractivity contribution < 1.29 is 14.3 Å². The van der Waals surface area contributed by atoms with Gasteiger partial charge in [0.15, 0.2) is 0 Å². The number of benzene rings is 4. The smallest absolute Gasteiger partial charge is 0.343 e. The Morgan fingerprint density at radius 2 is 1.53 bits per heavy atom. The maximum absolute atomic E-state index is 12.1. The van der Waals surface area contributed by atoms with Crippen molar-refractivity contribution in [3.63, 3.8) is 0 Å². The number of carbonyl (C=O) groups is 2. The van der Waals surface area contributed by atoms with E-state index in [0.29, 0.717) is 11.3 Å². The molecule has 6 nitrogen and oxygen atoms in total. The van der Waals surface area contributed by atoms with Gasteiger partial charge in [0.25, 0.3) is 5.91 Å². The molecule has 0 saturated carbocycles. The van der Waals surface area contributed by atoms with Crippen LogP contribution in [0.4, 0.5) is 5.69 Å². The van der Waals surface area contributed by atoms with Crippen LogP contribution in [-0.2, 0) is 4.79 Å². The highest BCUT2D eigenvalue weighted by molar-refractivity contribution is 5.95. The number of anilines is 1. The second-order valence-corrected chi connectivity index (χ2v) is 7.00. The molecule has 0 aliphatic carbocycles. The number of nitrogens with zero attached hydrogens (tertiary/aromatic N) is 1. The number of hydrogen-bond acceptors (Lipinski definition) is 5. The summed E-state index contributed by atoms with van der Waals surface area (Å²) in [6.45, 7) is 0.0969. The van der Waals surface area contributed by atoms with Crippen LogP contribution in [0.15, 0.2) is 102 Å². The summed E-state index contributed by atoms with van der Waals surface area (Å²) in [6.07, 6.45) is 1.53. The summed E-state index contributed by atoms with van der Waals surface area (Å²) in [5.41, 5.74) is 4.63. The molecule has 0 aromatic heterocycles. The minimum Gasteiger partial charge on any atom is -0.423 e. The number of carbonyl (C=O) groups excluding carboxylic acids is 2.